The van der Waals surface area contributed by atoms with E-state index in [1.54, 1.807) is 42.5 Å². The smallest absolute Gasteiger partial charge is 0.251 e. The molecule has 2 rings (SSSR count). The number of ketones is 1. The number of ether oxygens (including phenoxy) is 2. The first-order valence-corrected chi connectivity index (χ1v) is 6.74. The second-order valence-electron chi connectivity index (χ2n) is 4.54. The molecule has 0 fully saturated rings. The van der Waals surface area contributed by atoms with Crippen molar-refractivity contribution < 1.29 is 19.1 Å². The molecular weight excluding hydrogens is 282 g/mol. The van der Waals surface area contributed by atoms with Gasteiger partial charge in [0.15, 0.2) is 5.78 Å². The van der Waals surface area contributed by atoms with E-state index in [4.69, 9.17) is 9.47 Å². The Morgan fingerprint density at radius 1 is 1.00 bits per heavy atom. The van der Waals surface area contributed by atoms with E-state index < -0.39 is 0 Å². The Morgan fingerprint density at radius 2 is 1.73 bits per heavy atom. The third-order valence-corrected chi connectivity index (χ3v) is 3.15. The van der Waals surface area contributed by atoms with Gasteiger partial charge in [-0.2, -0.15) is 0 Å². The molecule has 0 saturated carbocycles. The van der Waals surface area contributed by atoms with Gasteiger partial charge in [-0.15, -0.1) is 0 Å². The summed E-state index contributed by atoms with van der Waals surface area (Å²) in [6.07, 6.45) is 0. The summed E-state index contributed by atoms with van der Waals surface area (Å²) < 4.78 is 10.3. The Labute approximate surface area is 128 Å². The number of methoxy groups -OCH3 is 2. The average Bonchev–Trinajstić information content (AvgIpc) is 2.59. The molecule has 0 bridgehead atoms. The second-order valence-corrected chi connectivity index (χ2v) is 4.54. The molecule has 0 aliphatic heterocycles. The number of hydrogen-bond donors (Lipinski definition) is 1. The van der Waals surface area contributed by atoms with Crippen molar-refractivity contribution in [2.24, 2.45) is 0 Å². The molecule has 0 saturated heterocycles. The van der Waals surface area contributed by atoms with Crippen LogP contribution in [-0.2, 0) is 0 Å². The number of hydrogen-bond acceptors (Lipinski definition) is 4. The highest BCUT2D eigenvalue weighted by Crippen LogP contribution is 2.24. The van der Waals surface area contributed by atoms with Crippen molar-refractivity contribution in [3.8, 4) is 11.5 Å². The summed E-state index contributed by atoms with van der Waals surface area (Å²) in [6.45, 7) is -0.101. The Bertz CT molecular complexity index is 668. The van der Waals surface area contributed by atoms with Crippen LogP contribution in [0.1, 0.15) is 20.7 Å². The predicted molar refractivity (Wildman–Crippen MR) is 82.7 cm³/mol. The quantitative estimate of drug-likeness (QED) is 0.831. The lowest BCUT2D eigenvalue weighted by molar-refractivity contribution is 0.0902. The largest absolute Gasteiger partial charge is 0.497 e. The van der Waals surface area contributed by atoms with Crippen molar-refractivity contribution in [1.82, 2.24) is 5.32 Å². The van der Waals surface area contributed by atoms with Crippen LogP contribution >= 0.6 is 0 Å². The molecule has 0 aliphatic carbocycles. The molecule has 114 valence electrons. The van der Waals surface area contributed by atoms with Gasteiger partial charge in [0.25, 0.3) is 5.91 Å². The lowest BCUT2D eigenvalue weighted by Crippen LogP contribution is -2.29. The average molecular weight is 299 g/mol. The number of benzene rings is 2. The molecule has 0 heterocycles. The zero-order chi connectivity index (χ0) is 15.9. The van der Waals surface area contributed by atoms with Crippen LogP contribution in [-0.4, -0.2) is 32.5 Å². The zero-order valence-corrected chi connectivity index (χ0v) is 12.5. The van der Waals surface area contributed by atoms with Crippen LogP contribution in [0.25, 0.3) is 0 Å². The minimum atomic E-state index is -0.290. The van der Waals surface area contributed by atoms with Crippen LogP contribution in [0.15, 0.2) is 48.5 Å². The SMILES string of the molecule is COc1ccc(C(=O)CNC(=O)c2ccccc2)c(OC)c1. The predicted octanol–water partition coefficient (Wildman–Crippen LogP) is 2.32. The summed E-state index contributed by atoms with van der Waals surface area (Å²) in [7, 11) is 3.02. The van der Waals surface area contributed by atoms with E-state index in [-0.39, 0.29) is 18.2 Å². The molecule has 22 heavy (non-hydrogen) atoms. The minimum absolute atomic E-state index is 0.101. The van der Waals surface area contributed by atoms with Crippen molar-refractivity contribution in [2.45, 2.75) is 0 Å². The Hall–Kier alpha value is -2.82. The molecule has 0 unspecified atom stereocenters. The molecule has 2 aromatic carbocycles. The van der Waals surface area contributed by atoms with Gasteiger partial charge in [-0.1, -0.05) is 18.2 Å². The van der Waals surface area contributed by atoms with E-state index in [0.29, 0.717) is 22.6 Å². The van der Waals surface area contributed by atoms with Crippen LogP contribution in [0.3, 0.4) is 0 Å². The van der Waals surface area contributed by atoms with Crippen LogP contribution in [0.2, 0.25) is 0 Å². The second kappa shape index (κ2) is 7.26. The summed E-state index contributed by atoms with van der Waals surface area (Å²) in [6, 6.07) is 13.7. The van der Waals surface area contributed by atoms with Gasteiger partial charge < -0.3 is 14.8 Å². The molecule has 0 aromatic heterocycles. The summed E-state index contributed by atoms with van der Waals surface area (Å²) in [5.74, 6) is 0.491. The molecule has 0 aliphatic rings. The maximum Gasteiger partial charge on any atom is 0.251 e. The Kier molecular flexibility index (Phi) is 5.14. The summed E-state index contributed by atoms with van der Waals surface area (Å²) in [5.41, 5.74) is 0.911. The van der Waals surface area contributed by atoms with E-state index in [2.05, 4.69) is 5.32 Å². The number of carbonyl (C=O) groups is 2. The Balaban J connectivity index is 2.05. The first kappa shape index (κ1) is 15.6. The summed E-state index contributed by atoms with van der Waals surface area (Å²) >= 11 is 0. The van der Waals surface area contributed by atoms with E-state index in [0.717, 1.165) is 0 Å². The van der Waals surface area contributed by atoms with Crippen LogP contribution < -0.4 is 14.8 Å². The van der Waals surface area contributed by atoms with Gasteiger partial charge >= 0.3 is 0 Å². The molecule has 1 amide bonds. The lowest BCUT2D eigenvalue weighted by Gasteiger charge is -2.10. The number of Topliss-reactive ketones (excluding diaryl/α,β-unsaturated/α-hetero) is 1. The third kappa shape index (κ3) is 3.63. The highest BCUT2D eigenvalue weighted by Gasteiger charge is 2.14. The van der Waals surface area contributed by atoms with E-state index in [9.17, 15) is 9.59 Å². The van der Waals surface area contributed by atoms with Crippen LogP contribution in [0.5, 0.6) is 11.5 Å². The van der Waals surface area contributed by atoms with E-state index >= 15 is 0 Å². The fourth-order valence-electron chi connectivity index (χ4n) is 1.98. The normalized spacial score (nSPS) is 9.91. The molecule has 0 radical (unpaired) electrons. The maximum atomic E-state index is 12.2. The van der Waals surface area contributed by atoms with Crippen LogP contribution in [0, 0.1) is 0 Å². The molecule has 0 spiro atoms. The van der Waals surface area contributed by atoms with Gasteiger partial charge in [-0.25, -0.2) is 0 Å². The standard InChI is InChI=1S/C17H17NO4/c1-21-13-8-9-14(16(10-13)22-2)15(19)11-18-17(20)12-6-4-3-5-7-12/h3-10H,11H2,1-2H3,(H,18,20). The fourth-order valence-corrected chi connectivity index (χ4v) is 1.98. The minimum Gasteiger partial charge on any atom is -0.497 e. The zero-order valence-electron chi connectivity index (χ0n) is 12.5. The Morgan fingerprint density at radius 3 is 2.36 bits per heavy atom. The number of carbonyl (C=O) groups excluding carboxylic acids is 2. The van der Waals surface area contributed by atoms with Crippen molar-refractivity contribution in [3.63, 3.8) is 0 Å². The van der Waals surface area contributed by atoms with Crippen molar-refractivity contribution in [3.05, 3.63) is 59.7 Å². The molecule has 5 nitrogen and oxygen atoms in total. The molecular formula is C17H17NO4. The van der Waals surface area contributed by atoms with Gasteiger partial charge in [-0.05, 0) is 24.3 Å². The highest BCUT2D eigenvalue weighted by atomic mass is 16.5. The van der Waals surface area contributed by atoms with Crippen molar-refractivity contribution in [1.29, 1.82) is 0 Å². The first-order chi connectivity index (χ1) is 10.7. The monoisotopic (exact) mass is 299 g/mol. The highest BCUT2D eigenvalue weighted by molar-refractivity contribution is 6.03. The van der Waals surface area contributed by atoms with Gasteiger partial charge in [-0.3, -0.25) is 9.59 Å². The van der Waals surface area contributed by atoms with Crippen LogP contribution in [0.4, 0.5) is 0 Å². The van der Waals surface area contributed by atoms with E-state index in [1.807, 2.05) is 6.07 Å². The van der Waals surface area contributed by atoms with Gasteiger partial charge in [0, 0.05) is 11.6 Å². The molecule has 5 heteroatoms. The number of rotatable bonds is 6. The summed E-state index contributed by atoms with van der Waals surface area (Å²) in [5, 5.41) is 2.60. The van der Waals surface area contributed by atoms with E-state index in [1.165, 1.54) is 14.2 Å². The fraction of sp³-hybridized carbons (Fsp3) is 0.176. The molecule has 0 atom stereocenters. The number of amides is 1. The lowest BCUT2D eigenvalue weighted by atomic mass is 10.1. The molecule has 2 aromatic rings. The van der Waals surface area contributed by atoms with Gasteiger partial charge in [0.1, 0.15) is 11.5 Å². The third-order valence-electron chi connectivity index (χ3n) is 3.15. The first-order valence-electron chi connectivity index (χ1n) is 6.74. The number of nitrogens with one attached hydrogen (secondary N) is 1. The van der Waals surface area contributed by atoms with Crippen molar-refractivity contribution >= 4 is 11.7 Å². The summed E-state index contributed by atoms with van der Waals surface area (Å²) in [4.78, 5) is 24.1. The molecule has 1 N–H and O–H groups in total. The van der Waals surface area contributed by atoms with Crippen molar-refractivity contribution in [2.75, 3.05) is 20.8 Å². The van der Waals surface area contributed by atoms with Gasteiger partial charge in [0.2, 0.25) is 0 Å². The van der Waals surface area contributed by atoms with Gasteiger partial charge in [0.05, 0.1) is 26.3 Å². The maximum absolute atomic E-state index is 12.2. The topological polar surface area (TPSA) is 64.6 Å².